The van der Waals surface area contributed by atoms with E-state index in [2.05, 4.69) is 16.1 Å². The molecule has 0 bridgehead atoms. The average Bonchev–Trinajstić information content (AvgIpc) is 3.10. The largest absolute Gasteiger partial charge is 0.507 e. The van der Waals surface area contributed by atoms with Gasteiger partial charge in [0.05, 0.1) is 15.9 Å². The predicted molar refractivity (Wildman–Crippen MR) is 88.6 cm³/mol. The van der Waals surface area contributed by atoms with Crippen molar-refractivity contribution in [2.24, 2.45) is 0 Å². The Labute approximate surface area is 131 Å². The number of hydrogen-bond acceptors (Lipinski definition) is 4. The van der Waals surface area contributed by atoms with Crippen LogP contribution in [-0.4, -0.2) is 19.9 Å². The van der Waals surface area contributed by atoms with Gasteiger partial charge in [0.1, 0.15) is 5.75 Å². The van der Waals surface area contributed by atoms with Gasteiger partial charge in [-0.3, -0.25) is 0 Å². The maximum atomic E-state index is 9.99. The normalized spacial score (nSPS) is 11.1. The summed E-state index contributed by atoms with van der Waals surface area (Å²) in [6.45, 7) is 1.99. The summed E-state index contributed by atoms with van der Waals surface area (Å²) >= 11 is 1.60. The highest BCUT2D eigenvalue weighted by atomic mass is 32.1. The minimum Gasteiger partial charge on any atom is -0.507 e. The Balaban J connectivity index is 1.85. The maximum Gasteiger partial charge on any atom is 0.211 e. The SMILES string of the molecule is Cc1cc(-c2ccccc2O)nn1-c1nc2ccccc2s1. The van der Waals surface area contributed by atoms with Crippen LogP contribution in [0.3, 0.4) is 0 Å². The Hall–Kier alpha value is -2.66. The molecule has 22 heavy (non-hydrogen) atoms. The third-order valence-corrected chi connectivity index (χ3v) is 4.54. The molecule has 1 N–H and O–H groups in total. The molecule has 0 saturated carbocycles. The van der Waals surface area contributed by atoms with Gasteiger partial charge in [-0.2, -0.15) is 5.10 Å². The first-order chi connectivity index (χ1) is 10.7. The molecule has 2 aromatic heterocycles. The van der Waals surface area contributed by atoms with Crippen molar-refractivity contribution >= 4 is 21.6 Å². The van der Waals surface area contributed by atoms with Crippen molar-refractivity contribution in [3.05, 3.63) is 60.3 Å². The molecule has 4 aromatic rings. The van der Waals surface area contributed by atoms with Gasteiger partial charge in [0.2, 0.25) is 5.13 Å². The van der Waals surface area contributed by atoms with Crippen LogP contribution < -0.4 is 0 Å². The lowest BCUT2D eigenvalue weighted by molar-refractivity contribution is 0.477. The molecular weight excluding hydrogens is 294 g/mol. The molecule has 0 spiro atoms. The summed E-state index contributed by atoms with van der Waals surface area (Å²) in [4.78, 5) is 4.63. The van der Waals surface area contributed by atoms with E-state index in [0.717, 1.165) is 32.3 Å². The molecule has 0 aliphatic carbocycles. The number of phenols is 1. The molecule has 2 heterocycles. The fraction of sp³-hybridized carbons (Fsp3) is 0.0588. The summed E-state index contributed by atoms with van der Waals surface area (Å²) in [7, 11) is 0. The molecule has 2 aromatic carbocycles. The fourth-order valence-electron chi connectivity index (χ4n) is 2.44. The fourth-order valence-corrected chi connectivity index (χ4v) is 3.42. The first kappa shape index (κ1) is 13.0. The van der Waals surface area contributed by atoms with Crippen LogP contribution in [0.1, 0.15) is 5.69 Å². The lowest BCUT2D eigenvalue weighted by Gasteiger charge is -2.00. The van der Waals surface area contributed by atoms with E-state index in [1.54, 1.807) is 23.5 Å². The Morgan fingerprint density at radius 1 is 1.05 bits per heavy atom. The second-order valence-electron chi connectivity index (χ2n) is 5.06. The van der Waals surface area contributed by atoms with Gasteiger partial charge in [-0.25, -0.2) is 9.67 Å². The monoisotopic (exact) mass is 307 g/mol. The predicted octanol–water partition coefficient (Wildman–Crippen LogP) is 4.16. The number of fused-ring (bicyclic) bond motifs is 1. The molecule has 5 heteroatoms. The number of para-hydroxylation sites is 2. The molecular formula is C17H13N3OS. The Bertz CT molecular complexity index is 938. The van der Waals surface area contributed by atoms with Crippen LogP contribution in [0, 0.1) is 6.92 Å². The number of nitrogens with zero attached hydrogens (tertiary/aromatic N) is 3. The van der Waals surface area contributed by atoms with Gasteiger partial charge < -0.3 is 5.11 Å². The standard InChI is InChI=1S/C17H13N3OS/c1-11-10-14(12-6-2-4-8-15(12)21)19-20(11)17-18-13-7-3-5-9-16(13)22-17/h2-10,21H,1H3. The number of aromatic hydroxyl groups is 1. The number of benzene rings is 2. The molecule has 4 rings (SSSR count). The van der Waals surface area contributed by atoms with E-state index < -0.39 is 0 Å². The summed E-state index contributed by atoms with van der Waals surface area (Å²) in [6, 6.07) is 17.2. The summed E-state index contributed by atoms with van der Waals surface area (Å²) in [5, 5.41) is 15.4. The van der Waals surface area contributed by atoms with Gasteiger partial charge in [0, 0.05) is 11.3 Å². The number of phenolic OH excluding ortho intramolecular Hbond substituents is 1. The summed E-state index contributed by atoms with van der Waals surface area (Å²) in [5.74, 6) is 0.233. The van der Waals surface area contributed by atoms with Crippen LogP contribution in [-0.2, 0) is 0 Å². The van der Waals surface area contributed by atoms with Gasteiger partial charge in [-0.15, -0.1) is 0 Å². The van der Waals surface area contributed by atoms with E-state index in [4.69, 9.17) is 0 Å². The molecule has 0 radical (unpaired) electrons. The summed E-state index contributed by atoms with van der Waals surface area (Å²) in [6.07, 6.45) is 0. The second kappa shape index (κ2) is 4.96. The first-order valence-electron chi connectivity index (χ1n) is 6.93. The number of rotatable bonds is 2. The quantitative estimate of drug-likeness (QED) is 0.605. The highest BCUT2D eigenvalue weighted by molar-refractivity contribution is 7.20. The molecule has 0 aliphatic heterocycles. The zero-order chi connectivity index (χ0) is 15.1. The van der Waals surface area contributed by atoms with Gasteiger partial charge in [-0.05, 0) is 37.3 Å². The van der Waals surface area contributed by atoms with Crippen LogP contribution in [0.25, 0.3) is 26.6 Å². The highest BCUT2D eigenvalue weighted by Crippen LogP contribution is 2.30. The first-order valence-corrected chi connectivity index (χ1v) is 7.75. The zero-order valence-corrected chi connectivity index (χ0v) is 12.7. The lowest BCUT2D eigenvalue weighted by atomic mass is 10.1. The molecule has 0 atom stereocenters. The lowest BCUT2D eigenvalue weighted by Crippen LogP contribution is -1.97. The van der Waals surface area contributed by atoms with Crippen molar-refractivity contribution in [1.29, 1.82) is 0 Å². The topological polar surface area (TPSA) is 50.9 Å². The smallest absolute Gasteiger partial charge is 0.211 e. The van der Waals surface area contributed by atoms with Crippen molar-refractivity contribution in [3.63, 3.8) is 0 Å². The van der Waals surface area contributed by atoms with E-state index in [1.165, 1.54) is 0 Å². The average molecular weight is 307 g/mol. The molecule has 0 aliphatic rings. The molecule has 0 unspecified atom stereocenters. The highest BCUT2D eigenvalue weighted by Gasteiger charge is 2.13. The zero-order valence-electron chi connectivity index (χ0n) is 11.9. The van der Waals surface area contributed by atoms with E-state index in [1.807, 2.05) is 48.0 Å². The van der Waals surface area contributed by atoms with Crippen LogP contribution in [0.5, 0.6) is 5.75 Å². The molecule has 0 saturated heterocycles. The van der Waals surface area contributed by atoms with Gasteiger partial charge in [0.25, 0.3) is 0 Å². The van der Waals surface area contributed by atoms with Gasteiger partial charge in [-0.1, -0.05) is 35.6 Å². The molecule has 0 amide bonds. The second-order valence-corrected chi connectivity index (χ2v) is 6.07. The number of thiazole rings is 1. The third-order valence-electron chi connectivity index (χ3n) is 3.53. The van der Waals surface area contributed by atoms with Crippen molar-refractivity contribution in [2.45, 2.75) is 6.92 Å². The summed E-state index contributed by atoms with van der Waals surface area (Å²) < 4.78 is 2.96. The maximum absolute atomic E-state index is 9.99. The minimum atomic E-state index is 0.233. The Morgan fingerprint density at radius 2 is 1.82 bits per heavy atom. The van der Waals surface area contributed by atoms with Crippen LogP contribution in [0.2, 0.25) is 0 Å². The molecule has 0 fully saturated rings. The van der Waals surface area contributed by atoms with E-state index in [0.29, 0.717) is 0 Å². The van der Waals surface area contributed by atoms with E-state index in [9.17, 15) is 5.11 Å². The van der Waals surface area contributed by atoms with Crippen LogP contribution in [0.4, 0.5) is 0 Å². The minimum absolute atomic E-state index is 0.233. The third kappa shape index (κ3) is 2.07. The Kier molecular flexibility index (Phi) is 2.94. The number of hydrogen-bond donors (Lipinski definition) is 1. The number of aromatic nitrogens is 3. The van der Waals surface area contributed by atoms with Gasteiger partial charge in [0.15, 0.2) is 0 Å². The van der Waals surface area contributed by atoms with E-state index >= 15 is 0 Å². The number of aryl methyl sites for hydroxylation is 1. The van der Waals surface area contributed by atoms with Gasteiger partial charge >= 0.3 is 0 Å². The van der Waals surface area contributed by atoms with Crippen LogP contribution in [0.15, 0.2) is 54.6 Å². The Morgan fingerprint density at radius 3 is 2.64 bits per heavy atom. The summed E-state index contributed by atoms with van der Waals surface area (Å²) in [5.41, 5.74) is 3.43. The molecule has 4 nitrogen and oxygen atoms in total. The van der Waals surface area contributed by atoms with Crippen molar-refractivity contribution in [1.82, 2.24) is 14.8 Å². The van der Waals surface area contributed by atoms with E-state index in [-0.39, 0.29) is 5.75 Å². The molecule has 108 valence electrons. The van der Waals surface area contributed by atoms with Crippen molar-refractivity contribution in [2.75, 3.05) is 0 Å². The van der Waals surface area contributed by atoms with Crippen LogP contribution >= 0.6 is 11.3 Å². The van der Waals surface area contributed by atoms with Crippen molar-refractivity contribution in [3.8, 4) is 22.1 Å². The van der Waals surface area contributed by atoms with Crippen molar-refractivity contribution < 1.29 is 5.11 Å².